The molecule has 148 valence electrons. The number of imidazole rings is 1. The maximum atomic E-state index is 13.8. The van der Waals surface area contributed by atoms with E-state index in [4.69, 9.17) is 0 Å². The second-order valence-electron chi connectivity index (χ2n) is 8.25. The Morgan fingerprint density at radius 2 is 1.66 bits per heavy atom. The first-order chi connectivity index (χ1) is 14.1. The van der Waals surface area contributed by atoms with Gasteiger partial charge in [-0.15, -0.1) is 0 Å². The normalized spacial score (nSPS) is 20.9. The minimum Gasteiger partial charge on any atom is -0.342 e. The van der Waals surface area contributed by atoms with E-state index in [0.717, 1.165) is 53.4 Å². The molecule has 1 aliphatic carbocycles. The van der Waals surface area contributed by atoms with Crippen molar-refractivity contribution in [3.05, 3.63) is 71.7 Å². The zero-order chi connectivity index (χ0) is 20.0. The molecule has 1 aliphatic rings. The van der Waals surface area contributed by atoms with E-state index in [1.54, 1.807) is 18.2 Å². The number of rotatable bonds is 3. The first kappa shape index (κ1) is 18.2. The average Bonchev–Trinajstić information content (AvgIpc) is 3.16. The summed E-state index contributed by atoms with van der Waals surface area (Å²) in [5.41, 5.74) is 3.63. The number of nitrogens with zero attached hydrogens (tertiary/aromatic N) is 2. The molecule has 2 aromatic heterocycles. The number of pyridine rings is 1. The van der Waals surface area contributed by atoms with Crippen molar-refractivity contribution in [3.63, 3.8) is 0 Å². The fraction of sp³-hybridized carbons (Fsp3) is 0.333. The lowest BCUT2D eigenvalue weighted by molar-refractivity contribution is 0.286. The molecule has 0 radical (unpaired) electrons. The topological polar surface area (TPSA) is 41.6 Å². The third-order valence-electron chi connectivity index (χ3n) is 6.55. The number of aromatic amines is 1. The molecule has 0 saturated heterocycles. The van der Waals surface area contributed by atoms with Crippen molar-refractivity contribution in [2.24, 2.45) is 5.92 Å². The van der Waals surface area contributed by atoms with Gasteiger partial charge in [-0.25, -0.2) is 13.8 Å². The molecular formula is C24H23F2N3. The first-order valence-corrected chi connectivity index (χ1v) is 10.3. The van der Waals surface area contributed by atoms with Gasteiger partial charge in [0.2, 0.25) is 0 Å². The monoisotopic (exact) mass is 391 g/mol. The van der Waals surface area contributed by atoms with Crippen LogP contribution in [-0.4, -0.2) is 15.0 Å². The zero-order valence-corrected chi connectivity index (χ0v) is 16.3. The summed E-state index contributed by atoms with van der Waals surface area (Å²) < 4.78 is 27.3. The second kappa shape index (κ2) is 7.21. The van der Waals surface area contributed by atoms with Crippen molar-refractivity contribution in [3.8, 4) is 0 Å². The van der Waals surface area contributed by atoms with Crippen molar-refractivity contribution < 1.29 is 8.78 Å². The van der Waals surface area contributed by atoms with Crippen LogP contribution in [0.15, 0.2) is 48.7 Å². The van der Waals surface area contributed by atoms with Gasteiger partial charge in [-0.05, 0) is 85.5 Å². The molecule has 1 saturated carbocycles. The Kier molecular flexibility index (Phi) is 4.53. The molecule has 29 heavy (non-hydrogen) atoms. The van der Waals surface area contributed by atoms with Gasteiger partial charge >= 0.3 is 0 Å². The Morgan fingerprint density at radius 3 is 2.45 bits per heavy atom. The van der Waals surface area contributed by atoms with E-state index >= 15 is 0 Å². The van der Waals surface area contributed by atoms with Crippen LogP contribution in [0.3, 0.4) is 0 Å². The van der Waals surface area contributed by atoms with Gasteiger partial charge < -0.3 is 4.98 Å². The summed E-state index contributed by atoms with van der Waals surface area (Å²) in [6, 6.07) is 11.6. The largest absolute Gasteiger partial charge is 0.342 e. The Morgan fingerprint density at radius 1 is 0.931 bits per heavy atom. The third-order valence-corrected chi connectivity index (χ3v) is 6.55. The molecule has 2 heterocycles. The highest BCUT2D eigenvalue weighted by atomic mass is 19.1. The molecule has 0 spiro atoms. The highest BCUT2D eigenvalue weighted by Crippen LogP contribution is 2.42. The van der Waals surface area contributed by atoms with Crippen molar-refractivity contribution in [1.82, 2.24) is 15.0 Å². The van der Waals surface area contributed by atoms with Crippen LogP contribution in [0.1, 0.15) is 55.8 Å². The number of H-pyrrole nitrogens is 1. The molecular weight excluding hydrogens is 368 g/mol. The number of nitrogens with one attached hydrogen (secondary N) is 1. The summed E-state index contributed by atoms with van der Waals surface area (Å²) in [7, 11) is 0. The average molecular weight is 391 g/mol. The van der Waals surface area contributed by atoms with E-state index in [2.05, 4.69) is 21.9 Å². The summed E-state index contributed by atoms with van der Waals surface area (Å²) >= 11 is 0. The van der Waals surface area contributed by atoms with Crippen LogP contribution in [0, 0.1) is 17.6 Å². The lowest BCUT2D eigenvalue weighted by Gasteiger charge is -2.32. The number of hydrogen-bond acceptors (Lipinski definition) is 2. The molecule has 4 aromatic rings. The van der Waals surface area contributed by atoms with Gasteiger partial charge in [-0.1, -0.05) is 6.92 Å². The highest BCUT2D eigenvalue weighted by molar-refractivity contribution is 5.82. The smallest absolute Gasteiger partial charge is 0.125 e. The van der Waals surface area contributed by atoms with E-state index in [1.807, 2.05) is 12.3 Å². The van der Waals surface area contributed by atoms with E-state index in [-0.39, 0.29) is 17.6 Å². The van der Waals surface area contributed by atoms with E-state index in [9.17, 15) is 8.78 Å². The Hall–Kier alpha value is -2.82. The van der Waals surface area contributed by atoms with Crippen LogP contribution in [0.5, 0.6) is 0 Å². The van der Waals surface area contributed by atoms with Crippen LogP contribution >= 0.6 is 0 Å². The highest BCUT2D eigenvalue weighted by Gasteiger charge is 2.29. The summed E-state index contributed by atoms with van der Waals surface area (Å²) in [6.07, 6.45) is 6.16. The molecule has 0 amide bonds. The summed E-state index contributed by atoms with van der Waals surface area (Å²) in [6.45, 7) is 2.20. The van der Waals surface area contributed by atoms with Crippen molar-refractivity contribution in [2.75, 3.05) is 0 Å². The minimum atomic E-state index is -0.248. The lowest BCUT2D eigenvalue weighted by Crippen LogP contribution is -2.19. The van der Waals surface area contributed by atoms with Crippen LogP contribution in [-0.2, 0) is 0 Å². The number of halogens is 2. The molecule has 1 N–H and O–H groups in total. The molecule has 1 atom stereocenters. The lowest BCUT2D eigenvalue weighted by atomic mass is 9.73. The van der Waals surface area contributed by atoms with Crippen LogP contribution in [0.2, 0.25) is 0 Å². The Balaban J connectivity index is 1.34. The van der Waals surface area contributed by atoms with Crippen molar-refractivity contribution in [2.45, 2.75) is 44.4 Å². The maximum absolute atomic E-state index is 13.8. The quantitative estimate of drug-likeness (QED) is 0.435. The van der Waals surface area contributed by atoms with Crippen LogP contribution in [0.25, 0.3) is 21.9 Å². The first-order valence-electron chi connectivity index (χ1n) is 10.3. The van der Waals surface area contributed by atoms with E-state index in [1.165, 1.54) is 23.8 Å². The molecule has 5 heteroatoms. The van der Waals surface area contributed by atoms with Gasteiger partial charge in [0, 0.05) is 17.5 Å². The molecule has 5 rings (SSSR count). The molecule has 0 bridgehead atoms. The van der Waals surface area contributed by atoms with Gasteiger partial charge in [-0.2, -0.15) is 0 Å². The summed E-state index contributed by atoms with van der Waals surface area (Å²) in [4.78, 5) is 12.4. The standard InChI is InChI=1S/C24H23F2N3/c1-14(24-28-22-9-7-18(26)13-23(22)29-24)15-2-4-16(5-3-15)19-10-11-27-21-8-6-17(25)12-20(19)21/h6-16H,2-5H2,1H3,(H,28,29)/t14?,15-,16-. The number of hydrogen-bond donors (Lipinski definition) is 1. The van der Waals surface area contributed by atoms with Crippen molar-refractivity contribution >= 4 is 21.9 Å². The van der Waals surface area contributed by atoms with Gasteiger partial charge in [0.25, 0.3) is 0 Å². The fourth-order valence-corrected chi connectivity index (χ4v) is 4.87. The zero-order valence-electron chi connectivity index (χ0n) is 16.3. The van der Waals surface area contributed by atoms with E-state index < -0.39 is 0 Å². The van der Waals surface area contributed by atoms with Gasteiger partial charge in [0.1, 0.15) is 17.5 Å². The second-order valence-corrected chi connectivity index (χ2v) is 8.25. The third kappa shape index (κ3) is 3.39. The summed E-state index contributed by atoms with van der Waals surface area (Å²) in [5.74, 6) is 1.72. The van der Waals surface area contributed by atoms with Gasteiger partial charge in [0.15, 0.2) is 0 Å². The number of aromatic nitrogens is 3. The van der Waals surface area contributed by atoms with Gasteiger partial charge in [0.05, 0.1) is 16.6 Å². The predicted octanol–water partition coefficient (Wildman–Crippen LogP) is 6.47. The van der Waals surface area contributed by atoms with Crippen molar-refractivity contribution in [1.29, 1.82) is 0 Å². The van der Waals surface area contributed by atoms with Crippen LogP contribution in [0.4, 0.5) is 8.78 Å². The number of benzene rings is 2. The molecule has 0 aliphatic heterocycles. The molecule has 2 aromatic carbocycles. The predicted molar refractivity (Wildman–Crippen MR) is 111 cm³/mol. The molecule has 1 unspecified atom stereocenters. The molecule has 1 fully saturated rings. The molecule has 3 nitrogen and oxygen atoms in total. The SMILES string of the molecule is CC(c1nc2ccc(F)cc2[nH]1)[C@H]1CC[C@H](c2ccnc3ccc(F)cc32)CC1. The summed E-state index contributed by atoms with van der Waals surface area (Å²) in [5, 5.41) is 0.934. The minimum absolute atomic E-state index is 0.213. The Bertz CT molecular complexity index is 1180. The maximum Gasteiger partial charge on any atom is 0.125 e. The Labute approximate surface area is 168 Å². The van der Waals surface area contributed by atoms with Gasteiger partial charge in [-0.3, -0.25) is 4.98 Å². The fourth-order valence-electron chi connectivity index (χ4n) is 4.87. The number of fused-ring (bicyclic) bond motifs is 2. The van der Waals surface area contributed by atoms with E-state index in [0.29, 0.717) is 11.8 Å². The van der Waals surface area contributed by atoms with Crippen LogP contribution < -0.4 is 0 Å².